The fourth-order valence-corrected chi connectivity index (χ4v) is 2.83. The lowest BCUT2D eigenvalue weighted by molar-refractivity contribution is 0.390. The molecule has 0 saturated heterocycles. The van der Waals surface area contributed by atoms with Crippen LogP contribution in [0.15, 0.2) is 40.0 Å². The number of nitrogens with zero attached hydrogens (tertiary/aromatic N) is 4. The molecule has 5 heteroatoms. The van der Waals surface area contributed by atoms with Gasteiger partial charge in [0.1, 0.15) is 0 Å². The maximum absolute atomic E-state index is 5.36. The van der Waals surface area contributed by atoms with Crippen LogP contribution in [0.3, 0.4) is 0 Å². The minimum Gasteiger partial charge on any atom is -0.350 e. The molecule has 0 atom stereocenters. The van der Waals surface area contributed by atoms with Gasteiger partial charge in [-0.1, -0.05) is 49.5 Å². The second-order valence-corrected chi connectivity index (χ2v) is 6.04. The second-order valence-electron chi connectivity index (χ2n) is 6.04. The molecule has 0 bridgehead atoms. The van der Waals surface area contributed by atoms with Gasteiger partial charge in [0.25, 0.3) is 0 Å². The number of aromatic nitrogens is 3. The largest absolute Gasteiger partial charge is 0.350 e. The lowest BCUT2D eigenvalue weighted by Crippen LogP contribution is -1.89. The van der Waals surface area contributed by atoms with Gasteiger partial charge in [0.2, 0.25) is 11.7 Å². The molecule has 0 unspecified atom stereocenters. The Morgan fingerprint density at radius 3 is 2.96 bits per heavy atom. The summed E-state index contributed by atoms with van der Waals surface area (Å²) < 4.78 is 7.44. The normalized spacial score (nSPS) is 11.8. The molecule has 0 aliphatic rings. The minimum atomic E-state index is 0.589. The molecular weight excluding hydrogens is 300 g/mol. The van der Waals surface area contributed by atoms with Crippen molar-refractivity contribution in [3.8, 4) is 11.4 Å². The standard InChI is InChI=1S/C19H24N4O/c1-3-4-5-8-12-20-13-11-18-21-19(22-24-18)16-14-23(2)17-10-7-6-9-15(16)17/h6-7,9-10,13-14H,3-5,8,11-12H2,1-2H3. The van der Waals surface area contributed by atoms with E-state index >= 15 is 0 Å². The highest BCUT2D eigenvalue weighted by atomic mass is 16.5. The van der Waals surface area contributed by atoms with Gasteiger partial charge < -0.3 is 9.09 Å². The van der Waals surface area contributed by atoms with Gasteiger partial charge in [-0.05, 0) is 12.5 Å². The molecule has 0 fully saturated rings. The highest BCUT2D eigenvalue weighted by molar-refractivity contribution is 5.94. The summed E-state index contributed by atoms with van der Waals surface area (Å²) in [6, 6.07) is 8.23. The van der Waals surface area contributed by atoms with Crippen LogP contribution >= 0.6 is 0 Å². The third kappa shape index (κ3) is 3.72. The Morgan fingerprint density at radius 2 is 2.08 bits per heavy atom. The third-order valence-corrected chi connectivity index (χ3v) is 4.14. The summed E-state index contributed by atoms with van der Waals surface area (Å²) in [5.41, 5.74) is 2.16. The van der Waals surface area contributed by atoms with Crippen LogP contribution in [0.25, 0.3) is 22.3 Å². The fraction of sp³-hybridized carbons (Fsp3) is 0.421. The molecule has 2 aromatic heterocycles. The molecule has 0 aliphatic carbocycles. The van der Waals surface area contributed by atoms with Crippen LogP contribution in [0.4, 0.5) is 0 Å². The molecule has 126 valence electrons. The number of hydrogen-bond acceptors (Lipinski definition) is 4. The van der Waals surface area contributed by atoms with Crippen molar-refractivity contribution in [3.05, 3.63) is 36.4 Å². The zero-order valence-electron chi connectivity index (χ0n) is 14.4. The predicted molar refractivity (Wildman–Crippen MR) is 97.4 cm³/mol. The van der Waals surface area contributed by atoms with Crippen LogP contribution in [0, 0.1) is 0 Å². The van der Waals surface area contributed by atoms with Crippen LogP contribution in [-0.2, 0) is 13.5 Å². The van der Waals surface area contributed by atoms with Crippen molar-refractivity contribution in [2.75, 3.05) is 6.54 Å². The maximum atomic E-state index is 5.36. The molecular formula is C19H24N4O. The van der Waals surface area contributed by atoms with Gasteiger partial charge in [0.05, 0.1) is 6.42 Å². The lowest BCUT2D eigenvalue weighted by Gasteiger charge is -1.93. The number of aryl methyl sites for hydroxylation is 1. The molecule has 24 heavy (non-hydrogen) atoms. The van der Waals surface area contributed by atoms with Crippen molar-refractivity contribution in [2.24, 2.45) is 12.0 Å². The van der Waals surface area contributed by atoms with Crippen LogP contribution in [-0.4, -0.2) is 27.5 Å². The summed E-state index contributed by atoms with van der Waals surface area (Å²) in [5.74, 6) is 1.24. The average Bonchev–Trinajstić information content (AvgIpc) is 3.19. The number of aliphatic imine (C=N–C) groups is 1. The summed E-state index contributed by atoms with van der Waals surface area (Å²) >= 11 is 0. The number of para-hydroxylation sites is 1. The average molecular weight is 324 g/mol. The van der Waals surface area contributed by atoms with Gasteiger partial charge in [-0.15, -0.1) is 0 Å². The predicted octanol–water partition coefficient (Wildman–Crippen LogP) is 4.42. The summed E-state index contributed by atoms with van der Waals surface area (Å²) in [6.45, 7) is 3.09. The summed E-state index contributed by atoms with van der Waals surface area (Å²) in [4.78, 5) is 8.93. The number of unbranched alkanes of at least 4 members (excludes halogenated alkanes) is 3. The Hall–Kier alpha value is -2.43. The Balaban J connectivity index is 1.64. The first-order valence-corrected chi connectivity index (χ1v) is 8.65. The molecule has 5 nitrogen and oxygen atoms in total. The smallest absolute Gasteiger partial charge is 0.232 e. The van der Waals surface area contributed by atoms with Crippen molar-refractivity contribution >= 4 is 17.1 Å². The molecule has 0 spiro atoms. The number of rotatable bonds is 8. The second kappa shape index (κ2) is 7.90. The van der Waals surface area contributed by atoms with E-state index in [4.69, 9.17) is 4.52 Å². The van der Waals surface area contributed by atoms with Crippen LogP contribution < -0.4 is 0 Å². The van der Waals surface area contributed by atoms with E-state index in [0.717, 1.165) is 29.4 Å². The third-order valence-electron chi connectivity index (χ3n) is 4.14. The fourth-order valence-electron chi connectivity index (χ4n) is 2.83. The molecule has 2 heterocycles. The van der Waals surface area contributed by atoms with E-state index in [1.807, 2.05) is 31.6 Å². The van der Waals surface area contributed by atoms with E-state index in [9.17, 15) is 0 Å². The number of fused-ring (bicyclic) bond motifs is 1. The van der Waals surface area contributed by atoms with E-state index in [1.165, 1.54) is 19.3 Å². The first-order chi connectivity index (χ1) is 11.8. The molecule has 3 aromatic rings. The molecule has 3 rings (SSSR count). The quantitative estimate of drug-likeness (QED) is 0.455. The summed E-state index contributed by atoms with van der Waals surface area (Å²) in [5, 5.41) is 5.26. The molecule has 0 saturated carbocycles. The van der Waals surface area contributed by atoms with Crippen molar-refractivity contribution < 1.29 is 4.52 Å². The molecule has 0 N–H and O–H groups in total. The number of benzene rings is 1. The first-order valence-electron chi connectivity index (χ1n) is 8.65. The zero-order valence-corrected chi connectivity index (χ0v) is 14.4. The van der Waals surface area contributed by atoms with Gasteiger partial charge in [0, 0.05) is 42.5 Å². The van der Waals surface area contributed by atoms with E-state index in [1.54, 1.807) is 0 Å². The van der Waals surface area contributed by atoms with E-state index in [-0.39, 0.29) is 0 Å². The summed E-state index contributed by atoms with van der Waals surface area (Å²) in [6.07, 6.45) is 9.45. The van der Waals surface area contributed by atoms with Crippen molar-refractivity contribution in [1.29, 1.82) is 0 Å². The maximum Gasteiger partial charge on any atom is 0.232 e. The molecule has 1 aromatic carbocycles. The highest BCUT2D eigenvalue weighted by Gasteiger charge is 2.13. The lowest BCUT2D eigenvalue weighted by atomic mass is 10.2. The van der Waals surface area contributed by atoms with Crippen LogP contribution in [0.2, 0.25) is 0 Å². The molecule has 0 amide bonds. The van der Waals surface area contributed by atoms with Gasteiger partial charge >= 0.3 is 0 Å². The highest BCUT2D eigenvalue weighted by Crippen LogP contribution is 2.27. The monoisotopic (exact) mass is 324 g/mol. The Morgan fingerprint density at radius 1 is 1.21 bits per heavy atom. The minimum absolute atomic E-state index is 0.589. The van der Waals surface area contributed by atoms with E-state index in [2.05, 4.69) is 38.8 Å². The van der Waals surface area contributed by atoms with Crippen molar-refractivity contribution in [3.63, 3.8) is 0 Å². The molecule has 0 radical (unpaired) electrons. The summed E-state index contributed by atoms with van der Waals surface area (Å²) in [7, 11) is 2.03. The van der Waals surface area contributed by atoms with E-state index < -0.39 is 0 Å². The Kier molecular flexibility index (Phi) is 5.41. The SMILES string of the molecule is CCCCCCN=CCc1nc(-c2cn(C)c3ccccc23)no1. The van der Waals surface area contributed by atoms with Gasteiger partial charge in [-0.2, -0.15) is 4.98 Å². The zero-order chi connectivity index (χ0) is 16.8. The van der Waals surface area contributed by atoms with E-state index in [0.29, 0.717) is 18.1 Å². The first kappa shape index (κ1) is 16.4. The van der Waals surface area contributed by atoms with Crippen molar-refractivity contribution in [2.45, 2.75) is 39.0 Å². The van der Waals surface area contributed by atoms with Crippen LogP contribution in [0.1, 0.15) is 38.5 Å². The Bertz CT molecular complexity index is 816. The number of hydrogen-bond donors (Lipinski definition) is 0. The van der Waals surface area contributed by atoms with Crippen molar-refractivity contribution in [1.82, 2.24) is 14.7 Å². The van der Waals surface area contributed by atoms with Gasteiger partial charge in [-0.25, -0.2) is 0 Å². The topological polar surface area (TPSA) is 56.2 Å². The Labute approximate surface area is 142 Å². The molecule has 0 aliphatic heterocycles. The van der Waals surface area contributed by atoms with Gasteiger partial charge in [-0.3, -0.25) is 4.99 Å². The van der Waals surface area contributed by atoms with Gasteiger partial charge in [0.15, 0.2) is 0 Å². The van der Waals surface area contributed by atoms with Crippen LogP contribution in [0.5, 0.6) is 0 Å².